The summed E-state index contributed by atoms with van der Waals surface area (Å²) in [5.74, 6) is -0.734. The Hall–Kier alpha value is -0.650. The Labute approximate surface area is 109 Å². The van der Waals surface area contributed by atoms with Crippen molar-refractivity contribution in [3.63, 3.8) is 0 Å². The molecule has 2 atom stereocenters. The highest BCUT2D eigenvalue weighted by atomic mass is 16.4. The Morgan fingerprint density at radius 3 is 2.56 bits per heavy atom. The maximum atomic E-state index is 11.5. The molecular formula is C13H25N3O2. The topological polar surface area (TPSA) is 55.8 Å². The van der Waals surface area contributed by atoms with Crippen LogP contribution >= 0.6 is 0 Å². The van der Waals surface area contributed by atoms with Crippen LogP contribution in [0.25, 0.3) is 0 Å². The molecule has 0 bridgehead atoms. The van der Waals surface area contributed by atoms with Crippen LogP contribution in [0, 0.1) is 0 Å². The highest BCUT2D eigenvalue weighted by molar-refractivity contribution is 5.78. The smallest absolute Gasteiger partial charge is 0.324 e. The maximum Gasteiger partial charge on any atom is 0.324 e. The summed E-state index contributed by atoms with van der Waals surface area (Å²) in [7, 11) is 4.18. The standard InChI is InChI=1S/C13H25N3O2/c1-13(12(17)18,14-10-4-5-10)9-16-7-6-11(8-16)15(2)3/h10-11,14H,4-9H2,1-3H3,(H,17,18). The molecule has 0 aromatic rings. The van der Waals surface area contributed by atoms with Crippen molar-refractivity contribution in [3.8, 4) is 0 Å². The van der Waals surface area contributed by atoms with Crippen LogP contribution in [-0.4, -0.2) is 72.2 Å². The normalized spacial score (nSPS) is 28.6. The highest BCUT2D eigenvalue weighted by Crippen LogP contribution is 2.24. The third kappa shape index (κ3) is 3.22. The van der Waals surface area contributed by atoms with Gasteiger partial charge in [-0.2, -0.15) is 0 Å². The zero-order valence-corrected chi connectivity index (χ0v) is 11.6. The van der Waals surface area contributed by atoms with E-state index in [0.717, 1.165) is 32.4 Å². The molecular weight excluding hydrogens is 230 g/mol. The molecule has 2 N–H and O–H groups in total. The van der Waals surface area contributed by atoms with Crippen molar-refractivity contribution in [2.45, 2.75) is 43.8 Å². The van der Waals surface area contributed by atoms with Crippen LogP contribution in [0.1, 0.15) is 26.2 Å². The summed E-state index contributed by atoms with van der Waals surface area (Å²) >= 11 is 0. The molecule has 2 fully saturated rings. The second-order valence-corrected chi connectivity index (χ2v) is 6.20. The van der Waals surface area contributed by atoms with Gasteiger partial charge in [0.05, 0.1) is 0 Å². The lowest BCUT2D eigenvalue weighted by atomic mass is 10.0. The van der Waals surface area contributed by atoms with Gasteiger partial charge in [0.15, 0.2) is 0 Å². The molecule has 18 heavy (non-hydrogen) atoms. The molecule has 1 saturated heterocycles. The first kappa shape index (κ1) is 13.8. The second-order valence-electron chi connectivity index (χ2n) is 6.20. The van der Waals surface area contributed by atoms with E-state index in [-0.39, 0.29) is 0 Å². The molecule has 5 nitrogen and oxygen atoms in total. The predicted molar refractivity (Wildman–Crippen MR) is 70.7 cm³/mol. The van der Waals surface area contributed by atoms with Gasteiger partial charge >= 0.3 is 5.97 Å². The number of carboxylic acids is 1. The molecule has 0 aromatic carbocycles. The van der Waals surface area contributed by atoms with Crippen LogP contribution in [0.2, 0.25) is 0 Å². The highest BCUT2D eigenvalue weighted by Gasteiger charge is 2.41. The van der Waals surface area contributed by atoms with Crippen molar-refractivity contribution >= 4 is 5.97 Å². The fourth-order valence-corrected chi connectivity index (χ4v) is 2.68. The van der Waals surface area contributed by atoms with E-state index in [9.17, 15) is 9.90 Å². The summed E-state index contributed by atoms with van der Waals surface area (Å²) < 4.78 is 0. The number of nitrogens with one attached hydrogen (secondary N) is 1. The number of aliphatic carboxylic acids is 1. The summed E-state index contributed by atoms with van der Waals surface area (Å²) in [4.78, 5) is 16.0. The van der Waals surface area contributed by atoms with Gasteiger partial charge in [-0.15, -0.1) is 0 Å². The van der Waals surface area contributed by atoms with Gasteiger partial charge in [-0.1, -0.05) is 0 Å². The van der Waals surface area contributed by atoms with Gasteiger partial charge in [0.2, 0.25) is 0 Å². The monoisotopic (exact) mass is 255 g/mol. The van der Waals surface area contributed by atoms with Crippen molar-refractivity contribution in [1.82, 2.24) is 15.1 Å². The van der Waals surface area contributed by atoms with Crippen LogP contribution in [-0.2, 0) is 4.79 Å². The van der Waals surface area contributed by atoms with Crippen molar-refractivity contribution in [2.75, 3.05) is 33.7 Å². The van der Waals surface area contributed by atoms with Crippen molar-refractivity contribution < 1.29 is 9.90 Å². The van der Waals surface area contributed by atoms with Gasteiger partial charge in [-0.3, -0.25) is 15.0 Å². The van der Waals surface area contributed by atoms with E-state index in [1.807, 2.05) is 6.92 Å². The van der Waals surface area contributed by atoms with E-state index in [1.165, 1.54) is 0 Å². The number of hydrogen-bond acceptors (Lipinski definition) is 4. The molecule has 104 valence electrons. The minimum absolute atomic E-state index is 0.415. The number of likely N-dealkylation sites (tertiary alicyclic amines) is 1. The van der Waals surface area contributed by atoms with Crippen LogP contribution in [0.15, 0.2) is 0 Å². The van der Waals surface area contributed by atoms with Gasteiger partial charge in [0, 0.05) is 25.2 Å². The van der Waals surface area contributed by atoms with Crippen molar-refractivity contribution in [1.29, 1.82) is 0 Å². The Morgan fingerprint density at radius 1 is 1.44 bits per heavy atom. The number of carboxylic acid groups (broad SMARTS) is 1. The van der Waals surface area contributed by atoms with Crippen LogP contribution in [0.4, 0.5) is 0 Å². The number of rotatable bonds is 6. The maximum absolute atomic E-state index is 11.5. The average Bonchev–Trinajstić information content (AvgIpc) is 2.94. The molecule has 2 aliphatic rings. The lowest BCUT2D eigenvalue weighted by Crippen LogP contribution is -2.57. The molecule has 0 radical (unpaired) electrons. The Balaban J connectivity index is 1.91. The molecule has 0 spiro atoms. The predicted octanol–water partition coefficient (Wildman–Crippen LogP) is 0.218. The molecule has 0 amide bonds. The largest absolute Gasteiger partial charge is 0.480 e. The fraction of sp³-hybridized carbons (Fsp3) is 0.923. The first-order valence-electron chi connectivity index (χ1n) is 6.80. The van der Waals surface area contributed by atoms with E-state index in [0.29, 0.717) is 18.6 Å². The van der Waals surface area contributed by atoms with Gasteiger partial charge in [-0.05, 0) is 46.8 Å². The summed E-state index contributed by atoms with van der Waals surface area (Å²) in [5, 5.41) is 12.7. The Morgan fingerprint density at radius 2 is 2.11 bits per heavy atom. The van der Waals surface area contributed by atoms with Gasteiger partial charge in [0.25, 0.3) is 0 Å². The summed E-state index contributed by atoms with van der Waals surface area (Å²) in [6.45, 7) is 4.39. The molecule has 2 rings (SSSR count). The minimum Gasteiger partial charge on any atom is -0.480 e. The first-order valence-corrected chi connectivity index (χ1v) is 6.80. The van der Waals surface area contributed by atoms with Crippen LogP contribution in [0.3, 0.4) is 0 Å². The summed E-state index contributed by atoms with van der Waals surface area (Å²) in [6.07, 6.45) is 3.36. The number of nitrogens with zero attached hydrogens (tertiary/aromatic N) is 2. The Bertz CT molecular complexity index is 317. The molecule has 2 unspecified atom stereocenters. The molecule has 0 aromatic heterocycles. The van der Waals surface area contributed by atoms with Gasteiger partial charge in [-0.25, -0.2) is 0 Å². The van der Waals surface area contributed by atoms with Gasteiger partial charge in [0.1, 0.15) is 5.54 Å². The first-order chi connectivity index (χ1) is 8.40. The van der Waals surface area contributed by atoms with E-state index in [2.05, 4.69) is 29.2 Å². The third-order valence-electron chi connectivity index (χ3n) is 4.09. The quantitative estimate of drug-likeness (QED) is 0.711. The second kappa shape index (κ2) is 5.15. The number of likely N-dealkylation sites (N-methyl/N-ethyl adjacent to an activating group) is 1. The van der Waals surface area contributed by atoms with Crippen molar-refractivity contribution in [2.24, 2.45) is 0 Å². The molecule has 1 saturated carbocycles. The number of carbonyl (C=O) groups is 1. The van der Waals surface area contributed by atoms with E-state index in [4.69, 9.17) is 0 Å². The summed E-state index contributed by atoms with van der Waals surface area (Å²) in [5.41, 5.74) is -0.803. The minimum atomic E-state index is -0.803. The van der Waals surface area contributed by atoms with Crippen LogP contribution < -0.4 is 5.32 Å². The van der Waals surface area contributed by atoms with Crippen molar-refractivity contribution in [3.05, 3.63) is 0 Å². The lowest BCUT2D eigenvalue weighted by molar-refractivity contribution is -0.145. The summed E-state index contributed by atoms with van der Waals surface area (Å²) in [6, 6.07) is 0.974. The number of hydrogen-bond donors (Lipinski definition) is 2. The van der Waals surface area contributed by atoms with E-state index in [1.54, 1.807) is 0 Å². The van der Waals surface area contributed by atoms with Crippen LogP contribution in [0.5, 0.6) is 0 Å². The zero-order valence-electron chi connectivity index (χ0n) is 11.6. The van der Waals surface area contributed by atoms with Gasteiger partial charge < -0.3 is 10.0 Å². The van der Waals surface area contributed by atoms with E-state index >= 15 is 0 Å². The molecule has 1 heterocycles. The molecule has 5 heteroatoms. The fourth-order valence-electron chi connectivity index (χ4n) is 2.68. The Kier molecular flexibility index (Phi) is 3.94. The lowest BCUT2D eigenvalue weighted by Gasteiger charge is -2.31. The SMILES string of the molecule is CN(C)C1CCN(CC(C)(NC2CC2)C(=O)O)C1. The zero-order chi connectivity index (χ0) is 13.3. The molecule has 1 aliphatic carbocycles. The average molecular weight is 255 g/mol. The third-order valence-corrected chi connectivity index (χ3v) is 4.09. The van der Waals surface area contributed by atoms with E-state index < -0.39 is 11.5 Å². The molecule has 1 aliphatic heterocycles.